The van der Waals surface area contributed by atoms with Crippen LogP contribution in [0.1, 0.15) is 10.4 Å². The van der Waals surface area contributed by atoms with Crippen LogP contribution < -0.4 is 16.2 Å². The minimum atomic E-state index is -0.538. The van der Waals surface area contributed by atoms with Gasteiger partial charge in [-0.3, -0.25) is 19.0 Å². The first kappa shape index (κ1) is 20.8. The van der Waals surface area contributed by atoms with Crippen LogP contribution in [0, 0.1) is 0 Å². The van der Waals surface area contributed by atoms with E-state index < -0.39 is 11.5 Å². The van der Waals surface area contributed by atoms with Crippen molar-refractivity contribution in [1.29, 1.82) is 0 Å². The first-order valence-electron chi connectivity index (χ1n) is 9.22. The SMILES string of the molecule is Cn1c(SCC(=O)Nc2nc3ccccc3s2)ncc(C(=O)Nc2ccccc2)c1=O. The molecular weight excluding hydrogens is 434 g/mol. The molecule has 0 radical (unpaired) electrons. The number of carbonyl (C=O) groups is 2. The Labute approximate surface area is 185 Å². The zero-order chi connectivity index (χ0) is 21.8. The number of amides is 2. The third-order valence-electron chi connectivity index (χ3n) is 4.27. The number of anilines is 2. The van der Waals surface area contributed by atoms with Gasteiger partial charge in [-0.25, -0.2) is 9.97 Å². The fraction of sp³-hybridized carbons (Fsp3) is 0.0952. The van der Waals surface area contributed by atoms with Crippen LogP contribution in [0.15, 0.2) is 70.7 Å². The molecule has 0 saturated heterocycles. The van der Waals surface area contributed by atoms with E-state index in [4.69, 9.17) is 0 Å². The van der Waals surface area contributed by atoms with Crippen LogP contribution in [-0.2, 0) is 11.8 Å². The van der Waals surface area contributed by atoms with Crippen LogP contribution in [0.5, 0.6) is 0 Å². The molecule has 0 saturated carbocycles. The molecule has 0 aliphatic rings. The zero-order valence-electron chi connectivity index (χ0n) is 16.4. The fourth-order valence-corrected chi connectivity index (χ4v) is 4.37. The number of nitrogens with zero attached hydrogens (tertiary/aromatic N) is 3. The van der Waals surface area contributed by atoms with Crippen LogP contribution in [0.2, 0.25) is 0 Å². The Hall–Kier alpha value is -3.50. The van der Waals surface area contributed by atoms with Crippen LogP contribution in [0.3, 0.4) is 0 Å². The van der Waals surface area contributed by atoms with Crippen molar-refractivity contribution in [2.24, 2.45) is 7.05 Å². The second kappa shape index (κ2) is 9.11. The maximum Gasteiger partial charge on any atom is 0.266 e. The summed E-state index contributed by atoms with van der Waals surface area (Å²) in [6.45, 7) is 0. The van der Waals surface area contributed by atoms with Gasteiger partial charge in [-0.2, -0.15) is 0 Å². The Balaban J connectivity index is 1.40. The number of thioether (sulfide) groups is 1. The quantitative estimate of drug-likeness (QED) is 0.344. The lowest BCUT2D eigenvalue weighted by Gasteiger charge is -2.09. The standard InChI is InChI=1S/C21H17N5O3S2/c1-26-19(29)14(18(28)23-13-7-3-2-4-8-13)11-22-21(26)30-12-17(27)25-20-24-15-9-5-6-10-16(15)31-20/h2-11H,12H2,1H3,(H,23,28)(H,24,25,27). The first-order chi connectivity index (χ1) is 15.0. The predicted octanol–water partition coefficient (Wildman–Crippen LogP) is 3.37. The van der Waals surface area contributed by atoms with Crippen molar-refractivity contribution in [2.45, 2.75) is 5.16 Å². The van der Waals surface area contributed by atoms with E-state index >= 15 is 0 Å². The Morgan fingerprint density at radius 2 is 1.81 bits per heavy atom. The summed E-state index contributed by atoms with van der Waals surface area (Å²) in [6, 6.07) is 16.5. The summed E-state index contributed by atoms with van der Waals surface area (Å²) >= 11 is 2.50. The highest BCUT2D eigenvalue weighted by Gasteiger charge is 2.16. The van der Waals surface area contributed by atoms with Gasteiger partial charge in [0, 0.05) is 18.9 Å². The normalized spacial score (nSPS) is 10.7. The molecule has 156 valence electrons. The van der Waals surface area contributed by atoms with Gasteiger partial charge in [-0.05, 0) is 24.3 Å². The summed E-state index contributed by atoms with van der Waals surface area (Å²) < 4.78 is 2.24. The molecule has 0 fully saturated rings. The van der Waals surface area contributed by atoms with E-state index in [2.05, 4.69) is 20.6 Å². The van der Waals surface area contributed by atoms with Crippen molar-refractivity contribution in [2.75, 3.05) is 16.4 Å². The summed E-state index contributed by atoms with van der Waals surface area (Å²) in [7, 11) is 1.52. The molecule has 0 spiro atoms. The topological polar surface area (TPSA) is 106 Å². The number of fused-ring (bicyclic) bond motifs is 1. The van der Waals surface area contributed by atoms with E-state index in [1.807, 2.05) is 30.3 Å². The lowest BCUT2D eigenvalue weighted by Crippen LogP contribution is -2.29. The van der Waals surface area contributed by atoms with Gasteiger partial charge >= 0.3 is 0 Å². The summed E-state index contributed by atoms with van der Waals surface area (Å²) in [5.74, 6) is -0.750. The predicted molar refractivity (Wildman–Crippen MR) is 123 cm³/mol. The Bertz CT molecular complexity index is 1280. The monoisotopic (exact) mass is 451 g/mol. The van der Waals surface area contributed by atoms with Crippen molar-refractivity contribution < 1.29 is 9.59 Å². The highest BCUT2D eigenvalue weighted by atomic mass is 32.2. The highest BCUT2D eigenvalue weighted by Crippen LogP contribution is 2.25. The number of hydrogen-bond donors (Lipinski definition) is 2. The molecular formula is C21H17N5O3S2. The molecule has 2 amide bonds. The number of carbonyl (C=O) groups excluding carboxylic acids is 2. The molecule has 2 N–H and O–H groups in total. The average Bonchev–Trinajstić information content (AvgIpc) is 3.17. The summed E-state index contributed by atoms with van der Waals surface area (Å²) in [4.78, 5) is 45.8. The third-order valence-corrected chi connectivity index (χ3v) is 6.27. The Morgan fingerprint density at radius 1 is 1.06 bits per heavy atom. The van der Waals surface area contributed by atoms with Gasteiger partial charge in [0.15, 0.2) is 10.3 Å². The van der Waals surface area contributed by atoms with E-state index in [0.717, 1.165) is 22.0 Å². The first-order valence-corrected chi connectivity index (χ1v) is 11.0. The average molecular weight is 452 g/mol. The molecule has 0 bridgehead atoms. The van der Waals surface area contributed by atoms with Crippen molar-refractivity contribution in [3.05, 3.63) is 76.7 Å². The van der Waals surface area contributed by atoms with Gasteiger partial charge in [-0.1, -0.05) is 53.4 Å². The molecule has 31 heavy (non-hydrogen) atoms. The van der Waals surface area contributed by atoms with Gasteiger partial charge < -0.3 is 10.6 Å². The van der Waals surface area contributed by atoms with Gasteiger partial charge in [-0.15, -0.1) is 0 Å². The number of para-hydroxylation sites is 2. The molecule has 0 atom stereocenters. The molecule has 0 unspecified atom stereocenters. The second-order valence-electron chi connectivity index (χ2n) is 6.46. The van der Waals surface area contributed by atoms with Gasteiger partial charge in [0.2, 0.25) is 5.91 Å². The highest BCUT2D eigenvalue weighted by molar-refractivity contribution is 7.99. The molecule has 2 aromatic heterocycles. The maximum absolute atomic E-state index is 12.6. The van der Waals surface area contributed by atoms with Gasteiger partial charge in [0.25, 0.3) is 11.5 Å². The summed E-state index contributed by atoms with van der Waals surface area (Å²) in [5, 5.41) is 6.28. The van der Waals surface area contributed by atoms with Crippen LogP contribution in [0.25, 0.3) is 10.2 Å². The number of rotatable bonds is 6. The summed E-state index contributed by atoms with van der Waals surface area (Å²) in [5.41, 5.74) is 0.843. The molecule has 10 heteroatoms. The number of thiazole rings is 1. The summed E-state index contributed by atoms with van der Waals surface area (Å²) in [6.07, 6.45) is 1.23. The zero-order valence-corrected chi connectivity index (χ0v) is 18.0. The molecule has 0 aliphatic carbocycles. The Morgan fingerprint density at radius 3 is 2.58 bits per heavy atom. The largest absolute Gasteiger partial charge is 0.322 e. The molecule has 4 aromatic rings. The van der Waals surface area contributed by atoms with E-state index in [1.165, 1.54) is 29.1 Å². The molecule has 2 aromatic carbocycles. The van der Waals surface area contributed by atoms with Crippen molar-refractivity contribution in [1.82, 2.24) is 14.5 Å². The lowest BCUT2D eigenvalue weighted by atomic mass is 10.2. The smallest absolute Gasteiger partial charge is 0.266 e. The van der Waals surface area contributed by atoms with E-state index in [0.29, 0.717) is 16.0 Å². The van der Waals surface area contributed by atoms with E-state index in [-0.39, 0.29) is 17.2 Å². The minimum absolute atomic E-state index is 0.0474. The number of nitrogens with one attached hydrogen (secondary N) is 2. The molecule has 2 heterocycles. The van der Waals surface area contributed by atoms with E-state index in [1.54, 1.807) is 24.3 Å². The van der Waals surface area contributed by atoms with Gasteiger partial charge in [0.1, 0.15) is 5.56 Å². The second-order valence-corrected chi connectivity index (χ2v) is 8.44. The van der Waals surface area contributed by atoms with Crippen molar-refractivity contribution >= 4 is 55.9 Å². The number of aromatic nitrogens is 3. The van der Waals surface area contributed by atoms with Crippen LogP contribution in [0.4, 0.5) is 10.8 Å². The van der Waals surface area contributed by atoms with E-state index in [9.17, 15) is 14.4 Å². The fourth-order valence-electron chi connectivity index (χ4n) is 2.75. The molecule has 8 nitrogen and oxygen atoms in total. The number of benzene rings is 2. The van der Waals surface area contributed by atoms with Crippen LogP contribution in [-0.4, -0.2) is 32.1 Å². The molecule has 4 rings (SSSR count). The van der Waals surface area contributed by atoms with Crippen LogP contribution >= 0.6 is 23.1 Å². The number of hydrogen-bond acceptors (Lipinski definition) is 7. The minimum Gasteiger partial charge on any atom is -0.322 e. The van der Waals surface area contributed by atoms with Gasteiger partial charge in [0.05, 0.1) is 16.0 Å². The maximum atomic E-state index is 12.6. The Kier molecular flexibility index (Phi) is 6.10. The third kappa shape index (κ3) is 4.81. The molecule has 0 aliphatic heterocycles. The van der Waals surface area contributed by atoms with Crippen molar-refractivity contribution in [3.8, 4) is 0 Å². The van der Waals surface area contributed by atoms with Crippen molar-refractivity contribution in [3.63, 3.8) is 0 Å². The lowest BCUT2D eigenvalue weighted by molar-refractivity contribution is -0.113.